The van der Waals surface area contributed by atoms with Crippen molar-refractivity contribution in [3.05, 3.63) is 0 Å². The molecule has 0 aromatic carbocycles. The zero-order valence-corrected chi connectivity index (χ0v) is 13.1. The molecule has 0 fully saturated rings. The second-order valence-corrected chi connectivity index (χ2v) is 4.51. The Bertz CT molecular complexity index is 236. The zero-order chi connectivity index (χ0) is 18.3. The molecule has 0 bridgehead atoms. The molecule has 11 heteroatoms. The molecule has 142 valence electrons. The number of hydrogen-bond donors (Lipinski definition) is 9. The van der Waals surface area contributed by atoms with E-state index in [1.165, 1.54) is 0 Å². The van der Waals surface area contributed by atoms with Gasteiger partial charge in [0.2, 0.25) is 6.29 Å². The van der Waals surface area contributed by atoms with Crippen molar-refractivity contribution in [1.29, 1.82) is 0 Å². The molecule has 0 heterocycles. The highest BCUT2D eigenvalue weighted by Crippen LogP contribution is 2.10. The van der Waals surface area contributed by atoms with Gasteiger partial charge in [0.25, 0.3) is 5.91 Å². The van der Waals surface area contributed by atoms with E-state index in [9.17, 15) is 0 Å². The summed E-state index contributed by atoms with van der Waals surface area (Å²) in [5.41, 5.74) is 0. The standard InChI is InChI=1S/C6H15NO6.C6H15NO3/c8-3-1-7(2-4-9)6(12,13)5(10)11;8-4-1-7(2-5-9)3-6-10/h5,8-13H,1-4H2;8-10H,1-6H2. The average molecular weight is 346 g/mol. The van der Waals surface area contributed by atoms with Crippen molar-refractivity contribution in [2.24, 2.45) is 0 Å². The maximum atomic E-state index is 9.07. The van der Waals surface area contributed by atoms with Gasteiger partial charge in [-0.3, -0.25) is 4.90 Å². The molecule has 0 rings (SSSR count). The van der Waals surface area contributed by atoms with Crippen LogP contribution in [0, 0.1) is 0 Å². The van der Waals surface area contributed by atoms with E-state index in [4.69, 9.17) is 46.0 Å². The summed E-state index contributed by atoms with van der Waals surface area (Å²) < 4.78 is 0. The minimum absolute atomic E-state index is 0.0694. The fourth-order valence-corrected chi connectivity index (χ4v) is 1.61. The highest BCUT2D eigenvalue weighted by atomic mass is 16.6. The Morgan fingerprint density at radius 2 is 0.913 bits per heavy atom. The Morgan fingerprint density at radius 1 is 0.609 bits per heavy atom. The van der Waals surface area contributed by atoms with E-state index in [1.807, 2.05) is 0 Å². The third-order valence-electron chi connectivity index (χ3n) is 2.80. The van der Waals surface area contributed by atoms with Crippen molar-refractivity contribution in [2.75, 3.05) is 65.8 Å². The third-order valence-corrected chi connectivity index (χ3v) is 2.80. The molecule has 0 aliphatic carbocycles. The molecule has 0 saturated carbocycles. The Balaban J connectivity index is 0. The second kappa shape index (κ2) is 15.1. The van der Waals surface area contributed by atoms with Gasteiger partial charge >= 0.3 is 0 Å². The number of hydrogen-bond acceptors (Lipinski definition) is 11. The molecule has 0 aromatic heterocycles. The Morgan fingerprint density at radius 3 is 1.13 bits per heavy atom. The minimum atomic E-state index is -2.86. The van der Waals surface area contributed by atoms with Crippen LogP contribution in [-0.4, -0.2) is 134 Å². The molecule has 0 aromatic rings. The minimum Gasteiger partial charge on any atom is -0.395 e. The average Bonchev–Trinajstić information content (AvgIpc) is 2.48. The predicted molar refractivity (Wildman–Crippen MR) is 78.8 cm³/mol. The van der Waals surface area contributed by atoms with E-state index in [0.717, 1.165) is 4.90 Å². The monoisotopic (exact) mass is 346 g/mol. The first-order valence-electron chi connectivity index (χ1n) is 7.14. The van der Waals surface area contributed by atoms with Crippen LogP contribution >= 0.6 is 0 Å². The lowest BCUT2D eigenvalue weighted by atomic mass is 10.3. The lowest BCUT2D eigenvalue weighted by Crippen LogP contribution is -2.58. The molecule has 0 saturated heterocycles. The number of aliphatic hydroxyl groups is 9. The quantitative estimate of drug-likeness (QED) is 0.153. The molecule has 0 atom stereocenters. The van der Waals surface area contributed by atoms with Crippen LogP contribution < -0.4 is 0 Å². The van der Waals surface area contributed by atoms with Crippen LogP contribution in [-0.2, 0) is 0 Å². The lowest BCUT2D eigenvalue weighted by molar-refractivity contribution is -0.359. The maximum Gasteiger partial charge on any atom is 0.278 e. The number of nitrogens with zero attached hydrogens (tertiary/aromatic N) is 2. The van der Waals surface area contributed by atoms with Crippen LogP contribution in [0.5, 0.6) is 0 Å². The number of aliphatic hydroxyl groups excluding tert-OH is 6. The van der Waals surface area contributed by atoms with Gasteiger partial charge in [0.15, 0.2) is 0 Å². The van der Waals surface area contributed by atoms with Crippen LogP contribution in [0.1, 0.15) is 0 Å². The molecule has 11 nitrogen and oxygen atoms in total. The highest BCUT2D eigenvalue weighted by Gasteiger charge is 2.38. The van der Waals surface area contributed by atoms with Crippen molar-refractivity contribution in [3.63, 3.8) is 0 Å². The topological polar surface area (TPSA) is 189 Å². The van der Waals surface area contributed by atoms with Gasteiger partial charge in [-0.1, -0.05) is 0 Å². The summed E-state index contributed by atoms with van der Waals surface area (Å²) in [5.74, 6) is -2.86. The molecule has 0 aliphatic rings. The maximum absolute atomic E-state index is 9.07. The van der Waals surface area contributed by atoms with Crippen molar-refractivity contribution in [3.8, 4) is 0 Å². The summed E-state index contributed by atoms with van der Waals surface area (Å²) in [7, 11) is 0. The fraction of sp³-hybridized carbons (Fsp3) is 1.00. The third kappa shape index (κ3) is 11.7. The van der Waals surface area contributed by atoms with E-state index in [-0.39, 0.29) is 32.9 Å². The summed E-state index contributed by atoms with van der Waals surface area (Å²) in [6.07, 6.45) is -2.38. The summed E-state index contributed by atoms with van der Waals surface area (Å²) in [5, 5.41) is 77.7. The molecule has 9 N–H and O–H groups in total. The van der Waals surface area contributed by atoms with Gasteiger partial charge in [-0.05, 0) is 0 Å². The van der Waals surface area contributed by atoms with E-state index < -0.39 is 25.4 Å². The number of rotatable bonds is 12. The van der Waals surface area contributed by atoms with Gasteiger partial charge in [0.1, 0.15) is 0 Å². The molecule has 23 heavy (non-hydrogen) atoms. The first-order valence-corrected chi connectivity index (χ1v) is 7.14. The molecule has 0 radical (unpaired) electrons. The van der Waals surface area contributed by atoms with Crippen LogP contribution in [0.4, 0.5) is 0 Å². The predicted octanol–water partition coefficient (Wildman–Crippen LogP) is -5.51. The first-order chi connectivity index (χ1) is 10.8. The van der Waals surface area contributed by atoms with Gasteiger partial charge in [-0.25, -0.2) is 4.90 Å². The summed E-state index contributed by atoms with van der Waals surface area (Å²) in [4.78, 5) is 2.53. The van der Waals surface area contributed by atoms with Crippen molar-refractivity contribution < 1.29 is 46.0 Å². The first kappa shape index (κ1) is 24.8. The van der Waals surface area contributed by atoms with Gasteiger partial charge in [0, 0.05) is 32.7 Å². The molecule has 0 amide bonds. The van der Waals surface area contributed by atoms with Crippen molar-refractivity contribution in [2.45, 2.75) is 12.2 Å². The Labute approximate surface area is 134 Å². The summed E-state index contributed by atoms with van der Waals surface area (Å²) in [6, 6.07) is 0. The summed E-state index contributed by atoms with van der Waals surface area (Å²) >= 11 is 0. The Hall–Kier alpha value is -0.440. The molecule has 0 unspecified atom stereocenters. The normalized spacial score (nSPS) is 12.0. The van der Waals surface area contributed by atoms with Crippen molar-refractivity contribution >= 4 is 0 Å². The van der Waals surface area contributed by atoms with Crippen LogP contribution in [0.2, 0.25) is 0 Å². The smallest absolute Gasteiger partial charge is 0.278 e. The highest BCUT2D eigenvalue weighted by molar-refractivity contribution is 4.69. The van der Waals surface area contributed by atoms with Crippen molar-refractivity contribution in [1.82, 2.24) is 9.80 Å². The van der Waals surface area contributed by atoms with Gasteiger partial charge < -0.3 is 46.0 Å². The lowest BCUT2D eigenvalue weighted by Gasteiger charge is -2.34. The molecular weight excluding hydrogens is 316 g/mol. The SMILES string of the molecule is OCCN(CCO)C(O)(O)C(O)O.OCCN(CCO)CCO. The molecule has 0 spiro atoms. The van der Waals surface area contributed by atoms with E-state index in [1.54, 1.807) is 4.90 Å². The van der Waals surface area contributed by atoms with Crippen LogP contribution in [0.15, 0.2) is 0 Å². The molecular formula is C12H30N2O9. The summed E-state index contributed by atoms with van der Waals surface area (Å²) in [6.45, 7) is 0.588. The second-order valence-electron chi connectivity index (χ2n) is 4.51. The Kier molecular flexibility index (Phi) is 16.3. The zero-order valence-electron chi connectivity index (χ0n) is 13.1. The fourth-order valence-electron chi connectivity index (χ4n) is 1.61. The van der Waals surface area contributed by atoms with E-state index in [0.29, 0.717) is 19.6 Å². The van der Waals surface area contributed by atoms with Gasteiger partial charge in [-0.15, -0.1) is 0 Å². The van der Waals surface area contributed by atoms with Gasteiger partial charge in [0.05, 0.1) is 33.0 Å². The largest absolute Gasteiger partial charge is 0.395 e. The molecule has 0 aliphatic heterocycles. The van der Waals surface area contributed by atoms with Crippen LogP contribution in [0.25, 0.3) is 0 Å². The van der Waals surface area contributed by atoms with E-state index in [2.05, 4.69) is 0 Å². The van der Waals surface area contributed by atoms with Gasteiger partial charge in [-0.2, -0.15) is 0 Å². The van der Waals surface area contributed by atoms with E-state index >= 15 is 0 Å². The van der Waals surface area contributed by atoms with Crippen LogP contribution in [0.3, 0.4) is 0 Å².